The van der Waals surface area contributed by atoms with Crippen molar-refractivity contribution in [2.24, 2.45) is 0 Å². The number of carbonyl (C=O) groups is 3. The molecule has 2 amide bonds. The van der Waals surface area contributed by atoms with Crippen LogP contribution in [0.25, 0.3) is 5.65 Å². The van der Waals surface area contributed by atoms with Gasteiger partial charge in [-0.15, -0.1) is 0 Å². The lowest BCUT2D eigenvalue weighted by Crippen LogP contribution is -2.36. The number of carbonyl (C=O) groups excluding carboxylic acids is 2. The van der Waals surface area contributed by atoms with Crippen molar-refractivity contribution < 1.29 is 19.5 Å². The van der Waals surface area contributed by atoms with Crippen molar-refractivity contribution in [3.63, 3.8) is 0 Å². The van der Waals surface area contributed by atoms with Gasteiger partial charge < -0.3 is 26.8 Å². The molecule has 0 saturated heterocycles. The number of nitrogens with one attached hydrogen (secondary N) is 3. The first-order valence-corrected chi connectivity index (χ1v) is 13.8. The fourth-order valence-electron chi connectivity index (χ4n) is 5.59. The molecule has 1 atom stereocenters. The van der Waals surface area contributed by atoms with Gasteiger partial charge in [-0.05, 0) is 59.7 Å². The summed E-state index contributed by atoms with van der Waals surface area (Å²) < 4.78 is 1.50. The number of anilines is 2. The molecule has 3 aromatic carbocycles. The fraction of sp³-hybridized carbons (Fsp3) is 0.194. The summed E-state index contributed by atoms with van der Waals surface area (Å²) in [5.41, 5.74) is 9.12. The lowest BCUT2D eigenvalue weighted by Gasteiger charge is -2.16. The van der Waals surface area contributed by atoms with E-state index in [1.165, 1.54) is 23.0 Å². The van der Waals surface area contributed by atoms with Crippen LogP contribution in [-0.2, 0) is 19.5 Å². The molecule has 0 bridgehead atoms. The molecule has 5 aromatic rings. The van der Waals surface area contributed by atoms with Crippen molar-refractivity contribution >= 4 is 34.8 Å². The Morgan fingerprint density at radius 1 is 1.05 bits per heavy atom. The highest BCUT2D eigenvalue weighted by atomic mass is 16.4. The summed E-state index contributed by atoms with van der Waals surface area (Å²) in [6.45, 7) is 2.21. The zero-order valence-electron chi connectivity index (χ0n) is 23.5. The summed E-state index contributed by atoms with van der Waals surface area (Å²) >= 11 is 0. The Kier molecular flexibility index (Phi) is 7.13. The molecule has 222 valence electrons. The van der Waals surface area contributed by atoms with E-state index < -0.39 is 28.6 Å². The maximum absolute atomic E-state index is 13.5. The predicted molar refractivity (Wildman–Crippen MR) is 160 cm³/mol. The Hall–Kier alpha value is -5.85. The van der Waals surface area contributed by atoms with Crippen LogP contribution in [0.2, 0.25) is 0 Å². The smallest absolute Gasteiger partial charge is 0.335 e. The van der Waals surface area contributed by atoms with E-state index in [1.54, 1.807) is 25.1 Å². The number of fused-ring (bicyclic) bond motifs is 2. The zero-order valence-corrected chi connectivity index (χ0v) is 23.5. The van der Waals surface area contributed by atoms with Crippen LogP contribution in [0.5, 0.6) is 0 Å². The average molecular weight is 594 g/mol. The number of hydrogen-bond donors (Lipinski definition) is 5. The van der Waals surface area contributed by atoms with Crippen molar-refractivity contribution in [2.45, 2.75) is 38.9 Å². The molecule has 1 aliphatic rings. The van der Waals surface area contributed by atoms with Crippen LogP contribution in [-0.4, -0.2) is 37.3 Å². The topological polar surface area (TPSA) is 198 Å². The van der Waals surface area contributed by atoms with Gasteiger partial charge in [0.05, 0.1) is 17.8 Å². The van der Waals surface area contributed by atoms with Gasteiger partial charge in [0.15, 0.2) is 5.65 Å². The summed E-state index contributed by atoms with van der Waals surface area (Å²) in [7, 11) is 0. The highest BCUT2D eigenvalue weighted by Gasteiger charge is 2.28. The van der Waals surface area contributed by atoms with E-state index in [0.29, 0.717) is 24.1 Å². The molecule has 0 aliphatic heterocycles. The number of hydrogen-bond acceptors (Lipinski definition) is 9. The fourth-order valence-corrected chi connectivity index (χ4v) is 5.59. The van der Waals surface area contributed by atoms with Crippen LogP contribution in [0.15, 0.2) is 64.6 Å². The van der Waals surface area contributed by atoms with Crippen LogP contribution in [0, 0.1) is 6.92 Å². The second-order valence-corrected chi connectivity index (χ2v) is 10.6. The van der Waals surface area contributed by atoms with Gasteiger partial charge in [-0.25, -0.2) is 14.8 Å². The van der Waals surface area contributed by atoms with E-state index in [-0.39, 0.29) is 47.5 Å². The Morgan fingerprint density at radius 3 is 2.57 bits per heavy atom. The van der Waals surface area contributed by atoms with Gasteiger partial charge in [0.25, 0.3) is 22.7 Å². The first-order valence-electron chi connectivity index (χ1n) is 13.8. The van der Waals surface area contributed by atoms with E-state index in [1.807, 2.05) is 18.2 Å². The van der Waals surface area contributed by atoms with Crippen molar-refractivity contribution in [3.8, 4) is 0 Å². The molecule has 13 nitrogen and oxygen atoms in total. The zero-order chi connectivity index (χ0) is 31.1. The van der Waals surface area contributed by atoms with Gasteiger partial charge >= 0.3 is 5.97 Å². The van der Waals surface area contributed by atoms with Crippen LogP contribution in [0.3, 0.4) is 0 Å². The quantitative estimate of drug-likeness (QED) is 0.157. The monoisotopic (exact) mass is 593 g/mol. The minimum absolute atomic E-state index is 0.0327. The SMILES string of the molecule is Cc1c(C(=O)O)ccc2c1CC[C@@H]2NC(=O)c1cc(C(=O)NCc2cccc(CNc3c(N)c(=O)c3=O)c2)nc2cncn12. The van der Waals surface area contributed by atoms with E-state index >= 15 is 0 Å². The maximum atomic E-state index is 13.5. The molecule has 13 heteroatoms. The molecule has 6 rings (SSSR count). The number of carboxylic acid groups (broad SMARTS) is 1. The molecule has 0 spiro atoms. The summed E-state index contributed by atoms with van der Waals surface area (Å²) in [4.78, 5) is 69.6. The molecule has 0 radical (unpaired) electrons. The molecule has 0 fully saturated rings. The van der Waals surface area contributed by atoms with Crippen LogP contribution >= 0.6 is 0 Å². The van der Waals surface area contributed by atoms with Gasteiger partial charge in [-0.3, -0.25) is 23.6 Å². The molecule has 44 heavy (non-hydrogen) atoms. The van der Waals surface area contributed by atoms with Crippen molar-refractivity contribution in [1.82, 2.24) is 25.0 Å². The summed E-state index contributed by atoms with van der Waals surface area (Å²) in [5.74, 6) is -1.91. The third-order valence-corrected chi connectivity index (χ3v) is 7.94. The summed E-state index contributed by atoms with van der Waals surface area (Å²) in [6, 6.07) is 11.7. The number of rotatable bonds is 9. The lowest BCUT2D eigenvalue weighted by atomic mass is 9.98. The van der Waals surface area contributed by atoms with Gasteiger partial charge in [-0.1, -0.05) is 30.3 Å². The Labute approximate surface area is 249 Å². The van der Waals surface area contributed by atoms with Gasteiger partial charge in [0.2, 0.25) is 0 Å². The number of nitrogens with two attached hydrogens (primary N) is 1. The second-order valence-electron chi connectivity index (χ2n) is 10.6. The third kappa shape index (κ3) is 5.04. The average Bonchev–Trinajstić information content (AvgIpc) is 3.67. The lowest BCUT2D eigenvalue weighted by molar-refractivity contribution is 0.0695. The van der Waals surface area contributed by atoms with Crippen LogP contribution in [0.1, 0.15) is 71.6 Å². The molecule has 2 aromatic heterocycles. The molecule has 6 N–H and O–H groups in total. The molecular formula is C31H27N7O6. The third-order valence-electron chi connectivity index (χ3n) is 7.94. The van der Waals surface area contributed by atoms with Gasteiger partial charge in [0, 0.05) is 13.1 Å². The number of aromatic nitrogens is 3. The van der Waals surface area contributed by atoms with Gasteiger partial charge in [0.1, 0.15) is 29.1 Å². The number of nitrogens with zero attached hydrogens (tertiary/aromatic N) is 3. The minimum atomic E-state index is -0.989. The molecular weight excluding hydrogens is 566 g/mol. The number of imidazole rings is 1. The Bertz CT molecular complexity index is 2060. The van der Waals surface area contributed by atoms with Crippen LogP contribution in [0.4, 0.5) is 11.4 Å². The number of carboxylic acids is 1. The Morgan fingerprint density at radius 2 is 1.82 bits per heavy atom. The normalized spacial score (nSPS) is 14.0. The van der Waals surface area contributed by atoms with E-state index in [9.17, 15) is 29.1 Å². The molecule has 0 unspecified atom stereocenters. The van der Waals surface area contributed by atoms with E-state index in [2.05, 4.69) is 25.9 Å². The number of nitrogen functional groups attached to an aromatic ring is 1. The summed E-state index contributed by atoms with van der Waals surface area (Å²) in [6.07, 6.45) is 4.15. The first kappa shape index (κ1) is 28.3. The number of aromatic carboxylic acids is 1. The summed E-state index contributed by atoms with van der Waals surface area (Å²) in [5, 5.41) is 18.2. The Balaban J connectivity index is 1.15. The van der Waals surface area contributed by atoms with E-state index in [0.717, 1.165) is 22.3 Å². The molecule has 1 aliphatic carbocycles. The standard InChI is InChI=1S/C31H27N7O6/c1-15-18-7-8-21(20(18)6-5-19(15)31(43)44)37-30(42)23-10-22(36-24-13-33-14-38(23)24)29(41)35-12-17-4-2-3-16(9-17)11-34-26-25(32)27(39)28(26)40/h2-6,9-10,13-14,21,34H,7-8,11-12,32H2,1H3,(H,35,41)(H,37,42)(H,43,44)/t21-/m0/s1. The second kappa shape index (κ2) is 11.1. The van der Waals surface area contributed by atoms with E-state index in [4.69, 9.17) is 5.73 Å². The minimum Gasteiger partial charge on any atom is -0.478 e. The maximum Gasteiger partial charge on any atom is 0.335 e. The predicted octanol–water partition coefficient (Wildman–Crippen LogP) is 1.87. The van der Waals surface area contributed by atoms with Crippen molar-refractivity contribution in [3.05, 3.63) is 120 Å². The molecule has 0 saturated carbocycles. The highest BCUT2D eigenvalue weighted by molar-refractivity contribution is 5.98. The first-order chi connectivity index (χ1) is 21.1. The molecule has 2 heterocycles. The largest absolute Gasteiger partial charge is 0.478 e. The highest BCUT2D eigenvalue weighted by Crippen LogP contribution is 2.35. The van der Waals surface area contributed by atoms with Gasteiger partial charge in [-0.2, -0.15) is 0 Å². The van der Waals surface area contributed by atoms with Crippen LogP contribution < -0.4 is 32.5 Å². The van der Waals surface area contributed by atoms with Crippen molar-refractivity contribution in [1.29, 1.82) is 0 Å². The number of benzene rings is 2. The van der Waals surface area contributed by atoms with Crippen molar-refractivity contribution in [2.75, 3.05) is 11.1 Å². The number of amides is 2.